The van der Waals surface area contributed by atoms with E-state index in [2.05, 4.69) is 5.32 Å². The van der Waals surface area contributed by atoms with Gasteiger partial charge in [-0.1, -0.05) is 30.3 Å². The van der Waals surface area contributed by atoms with E-state index >= 15 is 0 Å². The predicted molar refractivity (Wildman–Crippen MR) is 111 cm³/mol. The first kappa shape index (κ1) is 19.2. The highest BCUT2D eigenvalue weighted by molar-refractivity contribution is 6.10. The van der Waals surface area contributed by atoms with Gasteiger partial charge in [-0.25, -0.2) is 13.6 Å². The molecule has 2 amide bonds. The molecule has 0 aromatic heterocycles. The summed E-state index contributed by atoms with van der Waals surface area (Å²) in [6.07, 6.45) is 0.513. The van der Waals surface area contributed by atoms with Crippen LogP contribution < -0.4 is 15.0 Å². The fraction of sp³-hybridized carbons (Fsp3) is 0.167. The van der Waals surface area contributed by atoms with Crippen molar-refractivity contribution in [3.63, 3.8) is 0 Å². The molecule has 3 aromatic rings. The average molecular weight is 420 g/mol. The van der Waals surface area contributed by atoms with E-state index in [0.29, 0.717) is 29.8 Å². The van der Waals surface area contributed by atoms with Crippen LogP contribution in [0.5, 0.6) is 5.75 Å². The van der Waals surface area contributed by atoms with E-state index in [1.165, 1.54) is 29.2 Å². The van der Waals surface area contributed by atoms with Gasteiger partial charge in [0.15, 0.2) is 0 Å². The Morgan fingerprint density at radius 1 is 1.03 bits per heavy atom. The molecule has 2 aliphatic rings. The average Bonchev–Trinajstić information content (AvgIpc) is 3.53. The highest BCUT2D eigenvalue weighted by Crippen LogP contribution is 2.58. The third-order valence-corrected chi connectivity index (χ3v) is 5.74. The van der Waals surface area contributed by atoms with Gasteiger partial charge in [0.2, 0.25) is 5.91 Å². The Morgan fingerprint density at radius 2 is 1.74 bits per heavy atom. The Kier molecular flexibility index (Phi) is 4.46. The SMILES string of the molecule is O=C(Nc1cc2c(cc1F)N(Cc1ccc(F)cc1)C(=O)C21CC1)Oc1ccccc1. The molecule has 3 aromatic carbocycles. The molecule has 156 valence electrons. The van der Waals surface area contributed by atoms with Gasteiger partial charge in [0.1, 0.15) is 17.4 Å². The summed E-state index contributed by atoms with van der Waals surface area (Å²) in [5, 5.41) is 2.43. The monoisotopic (exact) mass is 420 g/mol. The quantitative estimate of drug-likeness (QED) is 0.635. The van der Waals surface area contributed by atoms with E-state index in [0.717, 1.165) is 5.56 Å². The van der Waals surface area contributed by atoms with Gasteiger partial charge in [-0.05, 0) is 54.3 Å². The van der Waals surface area contributed by atoms with Gasteiger partial charge >= 0.3 is 6.09 Å². The first-order valence-electron chi connectivity index (χ1n) is 9.91. The van der Waals surface area contributed by atoms with Crippen molar-refractivity contribution >= 4 is 23.4 Å². The maximum atomic E-state index is 14.9. The van der Waals surface area contributed by atoms with E-state index in [-0.39, 0.29) is 24.0 Å². The normalized spacial score (nSPS) is 15.7. The minimum atomic E-state index is -0.817. The van der Waals surface area contributed by atoms with Crippen molar-refractivity contribution in [3.8, 4) is 5.75 Å². The largest absolute Gasteiger partial charge is 0.417 e. The summed E-state index contributed by atoms with van der Waals surface area (Å²) in [6.45, 7) is 0.218. The Hall–Kier alpha value is -3.74. The summed E-state index contributed by atoms with van der Waals surface area (Å²) in [5.41, 5.74) is 1.19. The molecule has 0 saturated heterocycles. The standard InChI is InChI=1S/C24H18F2N2O3/c25-16-8-6-15(7-9-16)14-28-21-13-19(26)20(12-18(21)24(10-11-24)22(28)29)27-23(30)31-17-4-2-1-3-5-17/h1-9,12-13H,10-11,14H2,(H,27,30). The van der Waals surface area contributed by atoms with E-state index in [1.807, 2.05) is 0 Å². The third-order valence-electron chi connectivity index (χ3n) is 5.74. The van der Waals surface area contributed by atoms with Gasteiger partial charge < -0.3 is 9.64 Å². The lowest BCUT2D eigenvalue weighted by Gasteiger charge is -2.18. The fourth-order valence-corrected chi connectivity index (χ4v) is 4.02. The summed E-state index contributed by atoms with van der Waals surface area (Å²) in [7, 11) is 0. The number of amides is 2. The molecule has 0 radical (unpaired) electrons. The van der Waals surface area contributed by atoms with Crippen LogP contribution in [-0.2, 0) is 16.8 Å². The number of nitrogens with one attached hydrogen (secondary N) is 1. The molecule has 0 unspecified atom stereocenters. The van der Waals surface area contributed by atoms with Gasteiger partial charge in [-0.2, -0.15) is 0 Å². The smallest absolute Gasteiger partial charge is 0.410 e. The molecule has 1 spiro atoms. The van der Waals surface area contributed by atoms with E-state index < -0.39 is 17.3 Å². The molecule has 1 fully saturated rings. The summed E-state index contributed by atoms with van der Waals surface area (Å²) < 4.78 is 33.2. The Balaban J connectivity index is 1.42. The Bertz CT molecular complexity index is 1180. The second-order valence-electron chi connectivity index (χ2n) is 7.78. The molecule has 1 aliphatic carbocycles. The topological polar surface area (TPSA) is 58.6 Å². The van der Waals surface area contributed by atoms with Crippen LogP contribution in [-0.4, -0.2) is 12.0 Å². The summed E-state index contributed by atoms with van der Waals surface area (Å²) in [6, 6.07) is 17.1. The zero-order valence-corrected chi connectivity index (χ0v) is 16.4. The lowest BCUT2D eigenvalue weighted by molar-refractivity contribution is -0.120. The number of carbonyl (C=O) groups excluding carboxylic acids is 2. The van der Waals surface area contributed by atoms with Crippen molar-refractivity contribution in [2.45, 2.75) is 24.8 Å². The van der Waals surface area contributed by atoms with Gasteiger partial charge in [-0.3, -0.25) is 10.1 Å². The van der Waals surface area contributed by atoms with Crippen molar-refractivity contribution < 1.29 is 23.1 Å². The number of ether oxygens (including phenoxy) is 1. The van der Waals surface area contributed by atoms with E-state index in [1.54, 1.807) is 42.5 Å². The maximum absolute atomic E-state index is 14.9. The van der Waals surface area contributed by atoms with E-state index in [4.69, 9.17) is 4.74 Å². The third kappa shape index (κ3) is 3.42. The van der Waals surface area contributed by atoms with Crippen molar-refractivity contribution in [3.05, 3.63) is 89.5 Å². The highest BCUT2D eigenvalue weighted by atomic mass is 19.1. The van der Waals surface area contributed by atoms with Crippen LogP contribution in [0, 0.1) is 11.6 Å². The number of carbonyl (C=O) groups is 2. The van der Waals surface area contributed by atoms with Crippen LogP contribution in [0.2, 0.25) is 0 Å². The van der Waals surface area contributed by atoms with Gasteiger partial charge in [-0.15, -0.1) is 0 Å². The van der Waals surface area contributed by atoms with Crippen LogP contribution >= 0.6 is 0 Å². The number of halogens is 2. The Labute approximate surface area is 177 Å². The zero-order chi connectivity index (χ0) is 21.6. The molecule has 5 nitrogen and oxygen atoms in total. The summed E-state index contributed by atoms with van der Waals surface area (Å²) in [4.78, 5) is 26.9. The zero-order valence-electron chi connectivity index (χ0n) is 16.4. The second-order valence-corrected chi connectivity index (χ2v) is 7.78. The Morgan fingerprint density at radius 3 is 2.42 bits per heavy atom. The van der Waals surface area contributed by atoms with Crippen LogP contribution in [0.4, 0.5) is 25.0 Å². The minimum Gasteiger partial charge on any atom is -0.410 e. The number of rotatable bonds is 4. The van der Waals surface area contributed by atoms with Gasteiger partial charge in [0, 0.05) is 6.07 Å². The van der Waals surface area contributed by atoms with E-state index in [9.17, 15) is 18.4 Å². The molecule has 0 bridgehead atoms. The molecule has 0 atom stereocenters. The first-order chi connectivity index (χ1) is 15.0. The van der Waals surface area contributed by atoms with Gasteiger partial charge in [0.05, 0.1) is 23.3 Å². The molecule has 7 heteroatoms. The van der Waals surface area contributed by atoms with Crippen LogP contribution in [0.25, 0.3) is 0 Å². The molecular weight excluding hydrogens is 402 g/mol. The van der Waals surface area contributed by atoms with Crippen molar-refractivity contribution in [1.29, 1.82) is 0 Å². The molecule has 5 rings (SSSR count). The number of anilines is 2. The number of hydrogen-bond donors (Lipinski definition) is 1. The predicted octanol–water partition coefficient (Wildman–Crippen LogP) is 5.15. The highest BCUT2D eigenvalue weighted by Gasteiger charge is 2.59. The molecule has 1 aliphatic heterocycles. The van der Waals surface area contributed by atoms with Crippen molar-refractivity contribution in [1.82, 2.24) is 0 Å². The fourth-order valence-electron chi connectivity index (χ4n) is 4.02. The first-order valence-corrected chi connectivity index (χ1v) is 9.91. The minimum absolute atomic E-state index is 0.0395. The van der Waals surface area contributed by atoms with Crippen molar-refractivity contribution in [2.24, 2.45) is 0 Å². The second kappa shape index (κ2) is 7.19. The van der Waals surface area contributed by atoms with Crippen molar-refractivity contribution in [2.75, 3.05) is 10.2 Å². The van der Waals surface area contributed by atoms with Crippen LogP contribution in [0.1, 0.15) is 24.0 Å². The number of hydrogen-bond acceptors (Lipinski definition) is 3. The number of fused-ring (bicyclic) bond motifs is 2. The molecule has 1 saturated carbocycles. The number of para-hydroxylation sites is 1. The summed E-state index contributed by atoms with van der Waals surface area (Å²) in [5.74, 6) is -0.797. The summed E-state index contributed by atoms with van der Waals surface area (Å²) >= 11 is 0. The number of nitrogens with zero attached hydrogens (tertiary/aromatic N) is 1. The lowest BCUT2D eigenvalue weighted by Crippen LogP contribution is -2.31. The lowest BCUT2D eigenvalue weighted by atomic mass is 9.97. The molecule has 31 heavy (non-hydrogen) atoms. The van der Waals surface area contributed by atoms with Gasteiger partial charge in [0.25, 0.3) is 0 Å². The van der Waals surface area contributed by atoms with Crippen LogP contribution in [0.3, 0.4) is 0 Å². The molecular formula is C24H18F2N2O3. The maximum Gasteiger partial charge on any atom is 0.417 e. The number of benzene rings is 3. The van der Waals surface area contributed by atoms with Crippen LogP contribution in [0.15, 0.2) is 66.7 Å². The molecule has 1 heterocycles. The molecule has 1 N–H and O–H groups in total.